The standard InChI is InChI=1S/C20H24N2O6/c1-11(23)12-5-7-14(8-6-12)21-20(25)28-16-10-27-17-15(9-26-18(16)17)22-19(24)13-3-2-4-13/h5-8,13,15-18H,2-4,9-10H2,1H3,(H,21,25)(H,22,24)/t15-,16+,17+,18+/m0/s1. The molecule has 2 N–H and O–H groups in total. The Hall–Kier alpha value is -2.45. The summed E-state index contributed by atoms with van der Waals surface area (Å²) in [7, 11) is 0. The number of hydrogen-bond acceptors (Lipinski definition) is 6. The molecule has 0 bridgehead atoms. The molecule has 1 aromatic carbocycles. The molecule has 2 heterocycles. The van der Waals surface area contributed by atoms with Crippen molar-refractivity contribution in [3.8, 4) is 0 Å². The normalized spacial score (nSPS) is 28.9. The van der Waals surface area contributed by atoms with Crippen molar-refractivity contribution in [1.82, 2.24) is 5.32 Å². The second kappa shape index (κ2) is 7.89. The SMILES string of the molecule is CC(=O)c1ccc(NC(=O)O[C@@H]2CO[C@H]3[C@@H]2OC[C@@H]3NC(=O)C2CCC2)cc1. The topological polar surface area (TPSA) is 103 Å². The van der Waals surface area contributed by atoms with Crippen LogP contribution in [-0.4, -0.2) is 55.4 Å². The van der Waals surface area contributed by atoms with Gasteiger partial charge in [-0.2, -0.15) is 0 Å². The van der Waals surface area contributed by atoms with E-state index in [-0.39, 0.29) is 36.4 Å². The monoisotopic (exact) mass is 388 g/mol. The van der Waals surface area contributed by atoms with Gasteiger partial charge in [-0.05, 0) is 44.0 Å². The highest BCUT2D eigenvalue weighted by molar-refractivity contribution is 5.95. The molecule has 3 fully saturated rings. The van der Waals surface area contributed by atoms with Gasteiger partial charge in [-0.3, -0.25) is 14.9 Å². The smallest absolute Gasteiger partial charge is 0.412 e. The van der Waals surface area contributed by atoms with Crippen LogP contribution in [-0.2, 0) is 19.0 Å². The van der Waals surface area contributed by atoms with Crippen LogP contribution < -0.4 is 10.6 Å². The fourth-order valence-corrected chi connectivity index (χ4v) is 3.73. The zero-order chi connectivity index (χ0) is 19.7. The van der Waals surface area contributed by atoms with Crippen molar-refractivity contribution in [2.45, 2.75) is 50.5 Å². The number of carbonyl (C=O) groups excluding carboxylic acids is 3. The summed E-state index contributed by atoms with van der Waals surface area (Å²) in [6.07, 6.45) is 1.13. The van der Waals surface area contributed by atoms with Gasteiger partial charge in [0.05, 0.1) is 19.3 Å². The van der Waals surface area contributed by atoms with Gasteiger partial charge in [-0.15, -0.1) is 0 Å². The molecular formula is C20H24N2O6. The average molecular weight is 388 g/mol. The Morgan fingerprint density at radius 2 is 1.75 bits per heavy atom. The Kier molecular flexibility index (Phi) is 5.32. The van der Waals surface area contributed by atoms with E-state index in [1.54, 1.807) is 24.3 Å². The van der Waals surface area contributed by atoms with Gasteiger partial charge in [-0.1, -0.05) is 6.42 Å². The summed E-state index contributed by atoms with van der Waals surface area (Å²) in [6.45, 7) is 2.06. The molecule has 28 heavy (non-hydrogen) atoms. The number of anilines is 1. The van der Waals surface area contributed by atoms with Crippen LogP contribution in [0.2, 0.25) is 0 Å². The van der Waals surface area contributed by atoms with Gasteiger partial charge >= 0.3 is 6.09 Å². The number of hydrogen-bond donors (Lipinski definition) is 2. The number of benzene rings is 1. The molecule has 2 amide bonds. The van der Waals surface area contributed by atoms with Crippen molar-refractivity contribution in [3.63, 3.8) is 0 Å². The van der Waals surface area contributed by atoms with E-state index >= 15 is 0 Å². The van der Waals surface area contributed by atoms with Gasteiger partial charge in [0.25, 0.3) is 0 Å². The highest BCUT2D eigenvalue weighted by atomic mass is 16.6. The van der Waals surface area contributed by atoms with Crippen LogP contribution >= 0.6 is 0 Å². The minimum Gasteiger partial charge on any atom is -0.441 e. The molecule has 8 heteroatoms. The fraction of sp³-hybridized carbons (Fsp3) is 0.550. The van der Waals surface area contributed by atoms with E-state index in [0.29, 0.717) is 17.9 Å². The van der Waals surface area contributed by atoms with E-state index in [1.807, 2.05) is 0 Å². The number of ketones is 1. The van der Waals surface area contributed by atoms with Gasteiger partial charge in [0.1, 0.15) is 12.2 Å². The zero-order valence-corrected chi connectivity index (χ0v) is 15.7. The Morgan fingerprint density at radius 1 is 1.04 bits per heavy atom. The number of nitrogens with one attached hydrogen (secondary N) is 2. The number of ether oxygens (including phenoxy) is 3. The average Bonchev–Trinajstić information content (AvgIpc) is 3.17. The zero-order valence-electron chi connectivity index (χ0n) is 15.7. The molecule has 1 aromatic rings. The molecule has 2 aliphatic heterocycles. The van der Waals surface area contributed by atoms with Gasteiger partial charge < -0.3 is 19.5 Å². The molecule has 150 valence electrons. The quantitative estimate of drug-likeness (QED) is 0.747. The maximum absolute atomic E-state index is 12.2. The molecule has 2 saturated heterocycles. The lowest BCUT2D eigenvalue weighted by molar-refractivity contribution is -0.128. The molecule has 0 radical (unpaired) electrons. The number of rotatable bonds is 5. The molecule has 0 unspecified atom stereocenters. The summed E-state index contributed by atoms with van der Waals surface area (Å²) in [4.78, 5) is 35.6. The van der Waals surface area contributed by atoms with E-state index in [4.69, 9.17) is 14.2 Å². The first-order chi connectivity index (χ1) is 13.5. The molecule has 4 atom stereocenters. The van der Waals surface area contributed by atoms with E-state index in [0.717, 1.165) is 19.3 Å². The Labute approximate surface area is 162 Å². The third-order valence-corrected chi connectivity index (χ3v) is 5.61. The summed E-state index contributed by atoms with van der Waals surface area (Å²) in [5.74, 6) is 0.119. The van der Waals surface area contributed by atoms with Crippen LogP contribution in [0.4, 0.5) is 10.5 Å². The molecule has 0 aromatic heterocycles. The number of Topliss-reactive ketones (excluding diaryl/α,β-unsaturated/α-hetero) is 1. The van der Waals surface area contributed by atoms with Crippen LogP contribution in [0.1, 0.15) is 36.5 Å². The second-order valence-electron chi connectivity index (χ2n) is 7.54. The molecule has 0 spiro atoms. The Morgan fingerprint density at radius 3 is 2.39 bits per heavy atom. The van der Waals surface area contributed by atoms with E-state index in [1.165, 1.54) is 6.92 Å². The first-order valence-electron chi connectivity index (χ1n) is 9.63. The van der Waals surface area contributed by atoms with Crippen LogP contribution in [0.3, 0.4) is 0 Å². The maximum Gasteiger partial charge on any atom is 0.412 e. The summed E-state index contributed by atoms with van der Waals surface area (Å²) in [5, 5.41) is 5.64. The van der Waals surface area contributed by atoms with Crippen molar-refractivity contribution < 1.29 is 28.6 Å². The number of amides is 2. The Balaban J connectivity index is 1.28. The lowest BCUT2D eigenvalue weighted by atomic mass is 9.84. The van der Waals surface area contributed by atoms with Gasteiger partial charge in [0.15, 0.2) is 11.9 Å². The van der Waals surface area contributed by atoms with E-state index in [9.17, 15) is 14.4 Å². The molecule has 8 nitrogen and oxygen atoms in total. The highest BCUT2D eigenvalue weighted by Gasteiger charge is 2.50. The lowest BCUT2D eigenvalue weighted by Gasteiger charge is -2.27. The lowest BCUT2D eigenvalue weighted by Crippen LogP contribution is -2.47. The maximum atomic E-state index is 12.2. The second-order valence-corrected chi connectivity index (χ2v) is 7.54. The summed E-state index contributed by atoms with van der Waals surface area (Å²) in [5.41, 5.74) is 1.10. The predicted octanol–water partition coefficient (Wildman–Crippen LogP) is 1.89. The van der Waals surface area contributed by atoms with Gasteiger partial charge in [-0.25, -0.2) is 4.79 Å². The first-order valence-corrected chi connectivity index (χ1v) is 9.63. The van der Waals surface area contributed by atoms with Crippen molar-refractivity contribution in [3.05, 3.63) is 29.8 Å². The van der Waals surface area contributed by atoms with Gasteiger partial charge in [0.2, 0.25) is 5.91 Å². The van der Waals surface area contributed by atoms with E-state index in [2.05, 4.69) is 10.6 Å². The minimum atomic E-state index is -0.615. The molecule has 3 aliphatic rings. The van der Waals surface area contributed by atoms with Crippen LogP contribution in [0, 0.1) is 5.92 Å². The third kappa shape index (κ3) is 3.88. The molecular weight excluding hydrogens is 364 g/mol. The predicted molar refractivity (Wildman–Crippen MR) is 99.1 cm³/mol. The first kappa shape index (κ1) is 18.9. The van der Waals surface area contributed by atoms with Crippen LogP contribution in [0.5, 0.6) is 0 Å². The number of fused-ring (bicyclic) bond motifs is 1. The summed E-state index contributed by atoms with van der Waals surface area (Å²) in [6, 6.07) is 6.35. The van der Waals surface area contributed by atoms with E-state index < -0.39 is 18.3 Å². The number of carbonyl (C=O) groups is 3. The summed E-state index contributed by atoms with van der Waals surface area (Å²) < 4.78 is 17.0. The molecule has 1 aliphatic carbocycles. The van der Waals surface area contributed by atoms with Crippen molar-refractivity contribution in [1.29, 1.82) is 0 Å². The van der Waals surface area contributed by atoms with Crippen molar-refractivity contribution >= 4 is 23.5 Å². The van der Waals surface area contributed by atoms with Crippen LogP contribution in [0.15, 0.2) is 24.3 Å². The minimum absolute atomic E-state index is 0.0411. The largest absolute Gasteiger partial charge is 0.441 e. The Bertz CT molecular complexity index is 760. The van der Waals surface area contributed by atoms with Crippen LogP contribution in [0.25, 0.3) is 0 Å². The highest BCUT2D eigenvalue weighted by Crippen LogP contribution is 2.31. The molecule has 1 saturated carbocycles. The summed E-state index contributed by atoms with van der Waals surface area (Å²) >= 11 is 0. The fourth-order valence-electron chi connectivity index (χ4n) is 3.73. The third-order valence-electron chi connectivity index (χ3n) is 5.61. The van der Waals surface area contributed by atoms with Crippen molar-refractivity contribution in [2.24, 2.45) is 5.92 Å². The molecule has 4 rings (SSSR count). The van der Waals surface area contributed by atoms with Crippen molar-refractivity contribution in [2.75, 3.05) is 18.5 Å². The van der Waals surface area contributed by atoms with Gasteiger partial charge in [0, 0.05) is 17.2 Å².